The molecule has 1 aromatic carbocycles. The number of ketones is 1. The third kappa shape index (κ3) is 7.08. The van der Waals surface area contributed by atoms with Gasteiger partial charge in [-0.2, -0.15) is 4.39 Å². The molecule has 0 bridgehead atoms. The first kappa shape index (κ1) is 28.9. The van der Waals surface area contributed by atoms with Crippen LogP contribution in [0.25, 0.3) is 0 Å². The first-order valence-electron chi connectivity index (χ1n) is 10.8. The second kappa shape index (κ2) is 12.6. The monoisotopic (exact) mass is 527 g/mol. The van der Waals surface area contributed by atoms with Crippen LogP contribution in [0.3, 0.4) is 0 Å². The molecule has 0 aliphatic carbocycles. The van der Waals surface area contributed by atoms with Gasteiger partial charge in [-0.15, -0.1) is 0 Å². The number of carboxylic acid groups (broad SMARTS) is 1. The molecule has 0 fully saturated rings. The summed E-state index contributed by atoms with van der Waals surface area (Å²) in [7, 11) is 1.08. The van der Waals surface area contributed by atoms with Gasteiger partial charge in [-0.05, 0) is 37.1 Å². The van der Waals surface area contributed by atoms with Gasteiger partial charge in [-0.3, -0.25) is 24.5 Å². The third-order valence-electron chi connectivity index (χ3n) is 5.16. The number of Topliss-reactive ketones (excluding diaryl/α,β-unsaturated/α-hetero) is 1. The molecule has 0 saturated heterocycles. The van der Waals surface area contributed by atoms with E-state index >= 15 is 0 Å². The Morgan fingerprint density at radius 2 is 1.84 bits per heavy atom. The Morgan fingerprint density at radius 1 is 1.16 bits per heavy atom. The molecule has 200 valence electrons. The molecular weight excluding hydrogens is 503 g/mol. The van der Waals surface area contributed by atoms with E-state index in [0.717, 1.165) is 18.6 Å². The van der Waals surface area contributed by atoms with Gasteiger partial charge in [0.25, 0.3) is 5.56 Å². The smallest absolute Gasteiger partial charge is 0.411 e. The van der Waals surface area contributed by atoms with Crippen molar-refractivity contribution >= 4 is 29.4 Å². The standard InChI is InChI=1S/C23H24F3N3O8/c1-4-15(29-7-5-6-13(22(29)34)28-23(35)36-3)21(33)27-14(9-17(31)32)16(30)10-37-20-18(25)11(2)8-12(24)19(20)26/h5-8,14-15H,4,9-10H2,1-3H3,(H,27,33)(H,28,35)(H,31,32)/t14?,15-/m0/s1. The van der Waals surface area contributed by atoms with Gasteiger partial charge in [0, 0.05) is 6.20 Å². The van der Waals surface area contributed by atoms with Crippen molar-refractivity contribution < 1.29 is 46.9 Å². The molecule has 14 heteroatoms. The summed E-state index contributed by atoms with van der Waals surface area (Å²) in [6, 6.07) is 0.265. The number of amides is 2. The number of carbonyl (C=O) groups is 4. The fourth-order valence-electron chi connectivity index (χ4n) is 3.28. The number of pyridine rings is 1. The molecule has 1 heterocycles. The van der Waals surface area contributed by atoms with Crippen LogP contribution >= 0.6 is 0 Å². The van der Waals surface area contributed by atoms with Crippen molar-refractivity contribution in [2.24, 2.45) is 0 Å². The second-order valence-electron chi connectivity index (χ2n) is 7.72. The largest absolute Gasteiger partial charge is 0.481 e. The summed E-state index contributed by atoms with van der Waals surface area (Å²) < 4.78 is 51.9. The highest BCUT2D eigenvalue weighted by molar-refractivity contribution is 5.93. The van der Waals surface area contributed by atoms with Gasteiger partial charge in [-0.1, -0.05) is 6.92 Å². The third-order valence-corrected chi connectivity index (χ3v) is 5.16. The van der Waals surface area contributed by atoms with Crippen LogP contribution in [-0.2, 0) is 19.1 Å². The first-order chi connectivity index (χ1) is 17.4. The second-order valence-corrected chi connectivity index (χ2v) is 7.72. The van der Waals surface area contributed by atoms with E-state index in [-0.39, 0.29) is 17.7 Å². The quantitative estimate of drug-likeness (QED) is 0.377. The number of aryl methyl sites for hydroxylation is 1. The number of rotatable bonds is 11. The molecule has 2 aromatic rings. The van der Waals surface area contributed by atoms with Crippen LogP contribution in [0.2, 0.25) is 0 Å². The summed E-state index contributed by atoms with van der Waals surface area (Å²) in [5.41, 5.74) is -1.29. The molecular formula is C23H24F3N3O8. The van der Waals surface area contributed by atoms with Crippen molar-refractivity contribution in [1.29, 1.82) is 0 Å². The Bertz CT molecular complexity index is 1240. The molecule has 2 atom stereocenters. The number of carbonyl (C=O) groups excluding carboxylic acids is 3. The van der Waals surface area contributed by atoms with E-state index in [1.54, 1.807) is 0 Å². The molecule has 0 aliphatic rings. The summed E-state index contributed by atoms with van der Waals surface area (Å²) in [4.78, 5) is 61.0. The zero-order valence-electron chi connectivity index (χ0n) is 20.0. The van der Waals surface area contributed by atoms with Gasteiger partial charge in [0.1, 0.15) is 24.4 Å². The fourth-order valence-corrected chi connectivity index (χ4v) is 3.28. The Labute approximate surface area is 208 Å². The van der Waals surface area contributed by atoms with Crippen LogP contribution in [0.4, 0.5) is 23.7 Å². The van der Waals surface area contributed by atoms with Crippen molar-refractivity contribution in [2.45, 2.75) is 38.8 Å². The summed E-state index contributed by atoms with van der Waals surface area (Å²) in [6.07, 6.45) is -0.596. The van der Waals surface area contributed by atoms with Crippen molar-refractivity contribution in [3.05, 3.63) is 57.8 Å². The summed E-state index contributed by atoms with van der Waals surface area (Å²) in [5.74, 6) is -9.03. The molecule has 0 radical (unpaired) electrons. The Hall–Kier alpha value is -4.36. The molecule has 0 aliphatic heterocycles. The number of methoxy groups -OCH3 is 1. The molecule has 2 amide bonds. The van der Waals surface area contributed by atoms with Crippen LogP contribution in [0.15, 0.2) is 29.2 Å². The van der Waals surface area contributed by atoms with E-state index < -0.39 is 77.6 Å². The predicted molar refractivity (Wildman–Crippen MR) is 122 cm³/mol. The van der Waals surface area contributed by atoms with Gasteiger partial charge in [-0.25, -0.2) is 13.6 Å². The number of nitrogens with zero attached hydrogens (tertiary/aromatic N) is 1. The topological polar surface area (TPSA) is 153 Å². The number of hydrogen-bond donors (Lipinski definition) is 3. The van der Waals surface area contributed by atoms with Gasteiger partial charge >= 0.3 is 12.1 Å². The van der Waals surface area contributed by atoms with Crippen molar-refractivity contribution in [3.8, 4) is 5.75 Å². The van der Waals surface area contributed by atoms with Crippen LogP contribution in [-0.4, -0.2) is 53.2 Å². The number of aromatic nitrogens is 1. The average Bonchev–Trinajstić information content (AvgIpc) is 2.84. The number of ether oxygens (including phenoxy) is 2. The van der Waals surface area contributed by atoms with E-state index in [4.69, 9.17) is 4.74 Å². The number of anilines is 1. The number of aliphatic carboxylic acids is 1. The van der Waals surface area contributed by atoms with Crippen LogP contribution < -0.4 is 20.9 Å². The van der Waals surface area contributed by atoms with Crippen LogP contribution in [0.1, 0.15) is 31.4 Å². The van der Waals surface area contributed by atoms with E-state index in [2.05, 4.69) is 15.4 Å². The molecule has 0 spiro atoms. The average molecular weight is 527 g/mol. The Morgan fingerprint density at radius 3 is 2.43 bits per heavy atom. The van der Waals surface area contributed by atoms with Gasteiger partial charge in [0.05, 0.1) is 13.5 Å². The Kier molecular flexibility index (Phi) is 9.80. The molecule has 11 nitrogen and oxygen atoms in total. The number of nitrogens with one attached hydrogen (secondary N) is 2. The minimum atomic E-state index is -1.72. The zero-order valence-corrected chi connectivity index (χ0v) is 20.0. The lowest BCUT2D eigenvalue weighted by Crippen LogP contribution is -2.48. The zero-order chi connectivity index (χ0) is 27.9. The first-order valence-corrected chi connectivity index (χ1v) is 10.8. The van der Waals surface area contributed by atoms with E-state index in [0.29, 0.717) is 6.07 Å². The summed E-state index contributed by atoms with van der Waals surface area (Å²) >= 11 is 0. The fraction of sp³-hybridized carbons (Fsp3) is 0.348. The SMILES string of the molecule is CC[C@@H](C(=O)NC(CC(=O)O)C(=O)COc1c(F)c(C)cc(F)c1F)n1cccc(NC(=O)OC)c1=O. The lowest BCUT2D eigenvalue weighted by atomic mass is 10.1. The molecule has 1 aromatic heterocycles. The predicted octanol–water partition coefficient (Wildman–Crippen LogP) is 2.31. The summed E-state index contributed by atoms with van der Waals surface area (Å²) in [5, 5.41) is 13.6. The van der Waals surface area contributed by atoms with E-state index in [1.807, 2.05) is 0 Å². The summed E-state index contributed by atoms with van der Waals surface area (Å²) in [6.45, 7) is 1.58. The maximum atomic E-state index is 14.2. The number of hydrogen-bond acceptors (Lipinski definition) is 7. The molecule has 3 N–H and O–H groups in total. The number of carboxylic acids is 1. The maximum Gasteiger partial charge on any atom is 0.411 e. The van der Waals surface area contributed by atoms with E-state index in [9.17, 15) is 42.3 Å². The highest BCUT2D eigenvalue weighted by Crippen LogP contribution is 2.27. The van der Waals surface area contributed by atoms with Crippen LogP contribution in [0, 0.1) is 24.4 Å². The molecule has 0 saturated carbocycles. The van der Waals surface area contributed by atoms with Gasteiger partial charge < -0.3 is 24.5 Å². The lowest BCUT2D eigenvalue weighted by molar-refractivity contribution is -0.140. The highest BCUT2D eigenvalue weighted by Gasteiger charge is 2.29. The maximum absolute atomic E-state index is 14.2. The van der Waals surface area contributed by atoms with Crippen molar-refractivity contribution in [2.75, 3.05) is 19.0 Å². The molecule has 2 rings (SSSR count). The molecule has 37 heavy (non-hydrogen) atoms. The minimum absolute atomic E-state index is 0.0108. The lowest BCUT2D eigenvalue weighted by Gasteiger charge is -2.22. The van der Waals surface area contributed by atoms with Crippen LogP contribution in [0.5, 0.6) is 5.75 Å². The number of halogens is 3. The molecule has 1 unspecified atom stereocenters. The minimum Gasteiger partial charge on any atom is -0.481 e. The number of benzene rings is 1. The highest BCUT2D eigenvalue weighted by atomic mass is 19.2. The van der Waals surface area contributed by atoms with Gasteiger partial charge in [0.15, 0.2) is 23.2 Å². The van der Waals surface area contributed by atoms with Crippen molar-refractivity contribution in [1.82, 2.24) is 9.88 Å². The van der Waals surface area contributed by atoms with E-state index in [1.165, 1.54) is 25.3 Å². The normalized spacial score (nSPS) is 12.3. The Balaban J connectivity index is 2.26. The van der Waals surface area contributed by atoms with Gasteiger partial charge in [0.2, 0.25) is 11.7 Å². The van der Waals surface area contributed by atoms with Crippen molar-refractivity contribution in [3.63, 3.8) is 0 Å².